The molecule has 0 unspecified atom stereocenters. The van der Waals surface area contributed by atoms with E-state index in [4.69, 9.17) is 4.74 Å². The van der Waals surface area contributed by atoms with Gasteiger partial charge in [0.1, 0.15) is 5.75 Å². The van der Waals surface area contributed by atoms with Gasteiger partial charge >= 0.3 is 0 Å². The quantitative estimate of drug-likeness (QED) is 0.560. The summed E-state index contributed by atoms with van der Waals surface area (Å²) in [6, 6.07) is 4.60. The van der Waals surface area contributed by atoms with Crippen molar-refractivity contribution in [1.82, 2.24) is 4.90 Å². The zero-order valence-corrected chi connectivity index (χ0v) is 9.06. The molecule has 0 saturated carbocycles. The first-order chi connectivity index (χ1) is 7.04. The molecule has 1 rings (SSSR count). The van der Waals surface area contributed by atoms with Crippen molar-refractivity contribution in [2.75, 3.05) is 21.2 Å². The minimum Gasteiger partial charge on any atom is -0.496 e. The lowest BCUT2D eigenvalue weighted by Gasteiger charge is -2.12. The molecule has 15 heavy (non-hydrogen) atoms. The van der Waals surface area contributed by atoms with Gasteiger partial charge in [0, 0.05) is 24.2 Å². The molecule has 0 spiro atoms. The molecule has 1 aromatic rings. The summed E-state index contributed by atoms with van der Waals surface area (Å²) in [5.74, 6) is 0.675. The molecule has 0 bridgehead atoms. The Labute approximate surface area is 88.4 Å². The highest BCUT2D eigenvalue weighted by atomic mass is 16.6. The first-order valence-electron chi connectivity index (χ1n) is 4.50. The van der Waals surface area contributed by atoms with E-state index < -0.39 is 4.92 Å². The molecule has 5 nitrogen and oxygen atoms in total. The van der Waals surface area contributed by atoms with Crippen LogP contribution in [0.2, 0.25) is 0 Å². The van der Waals surface area contributed by atoms with Gasteiger partial charge in [-0.25, -0.2) is 0 Å². The number of non-ortho nitro benzene ring substituents is 1. The van der Waals surface area contributed by atoms with Gasteiger partial charge < -0.3 is 9.64 Å². The fourth-order valence-corrected chi connectivity index (χ4v) is 1.34. The van der Waals surface area contributed by atoms with Crippen LogP contribution in [-0.4, -0.2) is 31.0 Å². The lowest BCUT2D eigenvalue weighted by Crippen LogP contribution is -2.11. The van der Waals surface area contributed by atoms with Crippen molar-refractivity contribution in [2.45, 2.75) is 6.54 Å². The first-order valence-corrected chi connectivity index (χ1v) is 4.50. The lowest BCUT2D eigenvalue weighted by molar-refractivity contribution is -0.384. The second kappa shape index (κ2) is 4.75. The third kappa shape index (κ3) is 2.92. The minimum atomic E-state index is -0.404. The fourth-order valence-electron chi connectivity index (χ4n) is 1.34. The lowest BCUT2D eigenvalue weighted by atomic mass is 10.1. The van der Waals surface area contributed by atoms with Crippen molar-refractivity contribution in [3.63, 3.8) is 0 Å². The van der Waals surface area contributed by atoms with Crippen LogP contribution in [0.1, 0.15) is 5.56 Å². The molecule has 1 aromatic carbocycles. The zero-order chi connectivity index (χ0) is 11.4. The molecule has 0 aliphatic carbocycles. The molecule has 0 N–H and O–H groups in total. The first kappa shape index (κ1) is 11.5. The van der Waals surface area contributed by atoms with E-state index in [1.807, 2.05) is 19.0 Å². The van der Waals surface area contributed by atoms with E-state index in [-0.39, 0.29) is 5.69 Å². The van der Waals surface area contributed by atoms with E-state index in [2.05, 4.69) is 0 Å². The maximum absolute atomic E-state index is 10.6. The van der Waals surface area contributed by atoms with E-state index >= 15 is 0 Å². The molecule has 0 aliphatic rings. The predicted octanol–water partition coefficient (Wildman–Crippen LogP) is 1.66. The Kier molecular flexibility index (Phi) is 3.62. The van der Waals surface area contributed by atoms with Crippen LogP contribution in [-0.2, 0) is 6.54 Å². The van der Waals surface area contributed by atoms with Gasteiger partial charge in [-0.1, -0.05) is 0 Å². The summed E-state index contributed by atoms with van der Waals surface area (Å²) in [6.45, 7) is 0.616. The van der Waals surface area contributed by atoms with Gasteiger partial charge in [0.15, 0.2) is 0 Å². The van der Waals surface area contributed by atoms with Gasteiger partial charge in [0.05, 0.1) is 12.0 Å². The van der Waals surface area contributed by atoms with Crippen molar-refractivity contribution in [3.05, 3.63) is 33.9 Å². The molecule has 82 valence electrons. The molecular formula is C10H14N2O3. The second-order valence-electron chi connectivity index (χ2n) is 3.49. The zero-order valence-electron chi connectivity index (χ0n) is 9.06. The van der Waals surface area contributed by atoms with Crippen LogP contribution < -0.4 is 4.74 Å². The Balaban J connectivity index is 3.07. The highest BCUT2D eigenvalue weighted by Gasteiger charge is 2.11. The largest absolute Gasteiger partial charge is 0.496 e. The molecule has 5 heteroatoms. The van der Waals surface area contributed by atoms with Crippen LogP contribution in [0.4, 0.5) is 5.69 Å². The monoisotopic (exact) mass is 210 g/mol. The van der Waals surface area contributed by atoms with Gasteiger partial charge in [-0.05, 0) is 20.2 Å². The Bertz CT molecular complexity index is 364. The number of rotatable bonds is 4. The maximum atomic E-state index is 10.6. The van der Waals surface area contributed by atoms with Crippen molar-refractivity contribution in [2.24, 2.45) is 0 Å². The average molecular weight is 210 g/mol. The van der Waals surface area contributed by atoms with Gasteiger partial charge in [-0.15, -0.1) is 0 Å². The van der Waals surface area contributed by atoms with Crippen LogP contribution in [0, 0.1) is 10.1 Å². The molecule has 0 aliphatic heterocycles. The van der Waals surface area contributed by atoms with Gasteiger partial charge in [-0.3, -0.25) is 10.1 Å². The van der Waals surface area contributed by atoms with Crippen LogP contribution in [0.25, 0.3) is 0 Å². The summed E-state index contributed by atoms with van der Waals surface area (Å²) in [7, 11) is 5.36. The molecule has 0 atom stereocenters. The SMILES string of the molecule is COc1ccc([N+](=O)[O-])cc1CN(C)C. The Hall–Kier alpha value is -1.62. The second-order valence-corrected chi connectivity index (χ2v) is 3.49. The summed E-state index contributed by atoms with van der Waals surface area (Å²) in [4.78, 5) is 12.1. The van der Waals surface area contributed by atoms with Crippen LogP contribution in [0.3, 0.4) is 0 Å². The average Bonchev–Trinajstić information content (AvgIpc) is 2.16. The van der Waals surface area contributed by atoms with Crippen molar-refractivity contribution < 1.29 is 9.66 Å². The van der Waals surface area contributed by atoms with Gasteiger partial charge in [-0.2, -0.15) is 0 Å². The molecule has 0 aromatic heterocycles. The third-order valence-corrected chi connectivity index (χ3v) is 1.96. The number of nitrogens with zero attached hydrogens (tertiary/aromatic N) is 2. The summed E-state index contributed by atoms with van der Waals surface area (Å²) in [6.07, 6.45) is 0. The molecule has 0 radical (unpaired) electrons. The highest BCUT2D eigenvalue weighted by Crippen LogP contribution is 2.24. The predicted molar refractivity (Wildman–Crippen MR) is 57.0 cm³/mol. The smallest absolute Gasteiger partial charge is 0.270 e. The van der Waals surface area contributed by atoms with Crippen molar-refractivity contribution in [3.8, 4) is 5.75 Å². The number of methoxy groups -OCH3 is 1. The summed E-state index contributed by atoms with van der Waals surface area (Å²) in [5.41, 5.74) is 0.907. The van der Waals surface area contributed by atoms with Crippen molar-refractivity contribution in [1.29, 1.82) is 0 Å². The Morgan fingerprint density at radius 3 is 2.60 bits per heavy atom. The Morgan fingerprint density at radius 2 is 2.13 bits per heavy atom. The number of hydrogen-bond donors (Lipinski definition) is 0. The van der Waals surface area contributed by atoms with Crippen LogP contribution >= 0.6 is 0 Å². The molecule has 0 fully saturated rings. The minimum absolute atomic E-state index is 0.0904. The van der Waals surface area contributed by atoms with E-state index in [1.54, 1.807) is 19.2 Å². The van der Waals surface area contributed by atoms with E-state index in [0.29, 0.717) is 12.3 Å². The summed E-state index contributed by atoms with van der Waals surface area (Å²) >= 11 is 0. The van der Waals surface area contributed by atoms with Crippen LogP contribution in [0.15, 0.2) is 18.2 Å². The summed E-state index contributed by atoms with van der Waals surface area (Å²) < 4.78 is 5.13. The molecule has 0 heterocycles. The van der Waals surface area contributed by atoms with Gasteiger partial charge in [0.25, 0.3) is 5.69 Å². The maximum Gasteiger partial charge on any atom is 0.270 e. The third-order valence-electron chi connectivity index (χ3n) is 1.96. The van der Waals surface area contributed by atoms with E-state index in [0.717, 1.165) is 5.56 Å². The van der Waals surface area contributed by atoms with Crippen molar-refractivity contribution >= 4 is 5.69 Å². The number of benzene rings is 1. The number of hydrogen-bond acceptors (Lipinski definition) is 4. The Morgan fingerprint density at radius 1 is 1.47 bits per heavy atom. The van der Waals surface area contributed by atoms with Crippen LogP contribution in [0.5, 0.6) is 5.75 Å². The number of ether oxygens (including phenoxy) is 1. The topological polar surface area (TPSA) is 55.6 Å². The molecule has 0 amide bonds. The molecular weight excluding hydrogens is 196 g/mol. The highest BCUT2D eigenvalue weighted by molar-refractivity contribution is 5.43. The normalized spacial score (nSPS) is 10.4. The standard InChI is InChI=1S/C10H14N2O3/c1-11(2)7-8-6-9(12(13)14)4-5-10(8)15-3/h4-6H,7H2,1-3H3. The van der Waals surface area contributed by atoms with Gasteiger partial charge in [0.2, 0.25) is 0 Å². The molecule has 0 saturated heterocycles. The number of nitro benzene ring substituents is 1. The van der Waals surface area contributed by atoms with E-state index in [1.165, 1.54) is 6.07 Å². The summed E-state index contributed by atoms with van der Waals surface area (Å²) in [5, 5.41) is 10.6. The number of nitro groups is 1. The fraction of sp³-hybridized carbons (Fsp3) is 0.400. The van der Waals surface area contributed by atoms with E-state index in [9.17, 15) is 10.1 Å².